The maximum atomic E-state index is 12.0. The lowest BCUT2D eigenvalue weighted by atomic mass is 9.86. The maximum Gasteiger partial charge on any atom is 0.317 e. The predicted molar refractivity (Wildman–Crippen MR) is 85.1 cm³/mol. The molecule has 0 unspecified atom stereocenters. The van der Waals surface area contributed by atoms with Crippen LogP contribution >= 0.6 is 0 Å². The summed E-state index contributed by atoms with van der Waals surface area (Å²) >= 11 is 0. The van der Waals surface area contributed by atoms with Crippen molar-refractivity contribution < 1.29 is 18.3 Å². The van der Waals surface area contributed by atoms with E-state index in [2.05, 4.69) is 4.72 Å². The molecule has 2 aliphatic carbocycles. The van der Waals surface area contributed by atoms with Crippen LogP contribution in [0.2, 0.25) is 0 Å². The van der Waals surface area contributed by atoms with Crippen LogP contribution in [0.3, 0.4) is 0 Å². The molecule has 0 aliphatic heterocycles. The molecule has 0 radical (unpaired) electrons. The molecule has 2 rings (SSSR count). The first kappa shape index (κ1) is 17.7. The van der Waals surface area contributed by atoms with Crippen LogP contribution in [0, 0.1) is 11.8 Å². The van der Waals surface area contributed by atoms with E-state index in [1.165, 1.54) is 12.8 Å². The number of nitrogens with zero attached hydrogens (tertiary/aromatic N) is 1. The summed E-state index contributed by atoms with van der Waals surface area (Å²) in [4.78, 5) is 13.0. The number of rotatable bonds is 10. The van der Waals surface area contributed by atoms with Gasteiger partial charge >= 0.3 is 5.97 Å². The highest BCUT2D eigenvalue weighted by atomic mass is 32.2. The van der Waals surface area contributed by atoms with Gasteiger partial charge in [0.1, 0.15) is 0 Å². The van der Waals surface area contributed by atoms with E-state index in [1.807, 2.05) is 18.7 Å². The van der Waals surface area contributed by atoms with Gasteiger partial charge in [-0.15, -0.1) is 0 Å². The smallest absolute Gasteiger partial charge is 0.317 e. The van der Waals surface area contributed by atoms with Crippen LogP contribution in [0.1, 0.15) is 46.0 Å². The van der Waals surface area contributed by atoms with Crippen molar-refractivity contribution >= 4 is 16.0 Å². The minimum Gasteiger partial charge on any atom is -0.480 e. The third-order valence-corrected chi connectivity index (χ3v) is 5.93. The molecule has 0 spiro atoms. The number of carboxylic acids is 1. The lowest BCUT2D eigenvalue weighted by Gasteiger charge is -2.42. The van der Waals surface area contributed by atoms with Gasteiger partial charge in [0.2, 0.25) is 10.0 Å². The van der Waals surface area contributed by atoms with Crippen molar-refractivity contribution in [3.8, 4) is 0 Å². The highest BCUT2D eigenvalue weighted by Crippen LogP contribution is 2.33. The molecule has 22 heavy (non-hydrogen) atoms. The second kappa shape index (κ2) is 7.27. The van der Waals surface area contributed by atoms with Crippen molar-refractivity contribution in [1.29, 1.82) is 0 Å². The van der Waals surface area contributed by atoms with Gasteiger partial charge in [-0.05, 0) is 43.9 Å². The summed E-state index contributed by atoms with van der Waals surface area (Å²) in [6, 6.07) is 0.173. The molecule has 0 aromatic rings. The molecule has 7 heteroatoms. The molecule has 6 nitrogen and oxygen atoms in total. The van der Waals surface area contributed by atoms with Crippen LogP contribution < -0.4 is 4.72 Å². The molecular weight excluding hydrogens is 304 g/mol. The van der Waals surface area contributed by atoms with Gasteiger partial charge in [0, 0.05) is 18.6 Å². The van der Waals surface area contributed by atoms with Crippen molar-refractivity contribution in [2.45, 2.75) is 58.0 Å². The summed E-state index contributed by atoms with van der Waals surface area (Å²) in [7, 11) is -3.20. The fourth-order valence-electron chi connectivity index (χ4n) is 2.83. The fraction of sp³-hybridized carbons (Fsp3) is 0.933. The Labute approximate surface area is 133 Å². The number of nitrogens with one attached hydrogen (secondary N) is 1. The van der Waals surface area contributed by atoms with Gasteiger partial charge in [0.05, 0.1) is 12.3 Å². The Balaban J connectivity index is 1.75. The second-order valence-electron chi connectivity index (χ2n) is 7.21. The molecule has 0 amide bonds. The molecule has 0 bridgehead atoms. The molecule has 0 atom stereocenters. The van der Waals surface area contributed by atoms with Crippen LogP contribution in [-0.4, -0.2) is 55.3 Å². The first-order valence-electron chi connectivity index (χ1n) is 8.21. The summed E-state index contributed by atoms with van der Waals surface area (Å²) in [5.41, 5.74) is 0. The monoisotopic (exact) mass is 332 g/mol. The minimum atomic E-state index is -3.20. The average molecular weight is 332 g/mol. The quantitative estimate of drug-likeness (QED) is 0.629. The van der Waals surface area contributed by atoms with Crippen LogP contribution in [0.5, 0.6) is 0 Å². The van der Waals surface area contributed by atoms with Gasteiger partial charge in [-0.25, -0.2) is 13.1 Å². The maximum absolute atomic E-state index is 12.0. The SMILES string of the molecule is CC(C)CCS(=O)(=O)NC1CC(N(CC(=O)O)CC2CC2)C1. The van der Waals surface area contributed by atoms with Crippen LogP contribution in [-0.2, 0) is 14.8 Å². The summed E-state index contributed by atoms with van der Waals surface area (Å²) < 4.78 is 26.7. The minimum absolute atomic E-state index is 0.0299. The van der Waals surface area contributed by atoms with Crippen LogP contribution in [0.4, 0.5) is 0 Å². The molecule has 0 aromatic carbocycles. The Morgan fingerprint density at radius 2 is 1.95 bits per heavy atom. The second-order valence-corrected chi connectivity index (χ2v) is 9.08. The molecule has 2 fully saturated rings. The molecular formula is C15H28N2O4S. The van der Waals surface area contributed by atoms with E-state index in [-0.39, 0.29) is 24.4 Å². The van der Waals surface area contributed by atoms with Crippen LogP contribution in [0.25, 0.3) is 0 Å². The number of aliphatic carboxylic acids is 1. The number of sulfonamides is 1. The van der Waals surface area contributed by atoms with E-state index in [9.17, 15) is 13.2 Å². The Morgan fingerprint density at radius 1 is 1.32 bits per heavy atom. The summed E-state index contributed by atoms with van der Waals surface area (Å²) in [5, 5.41) is 9.01. The predicted octanol–water partition coefficient (Wildman–Crippen LogP) is 1.28. The van der Waals surface area contributed by atoms with Gasteiger partial charge in [-0.1, -0.05) is 13.8 Å². The Hall–Kier alpha value is -0.660. The van der Waals surface area contributed by atoms with Gasteiger partial charge in [0.25, 0.3) is 0 Å². The Bertz CT molecular complexity index is 482. The standard InChI is InChI=1S/C15H28N2O4S/c1-11(2)5-6-22(20,21)16-13-7-14(8-13)17(10-15(18)19)9-12-3-4-12/h11-14,16H,3-10H2,1-2H3,(H,18,19). The molecule has 0 saturated heterocycles. The van der Waals surface area contributed by atoms with E-state index in [1.54, 1.807) is 0 Å². The van der Waals surface area contributed by atoms with E-state index in [4.69, 9.17) is 5.11 Å². The van der Waals surface area contributed by atoms with Gasteiger partial charge < -0.3 is 5.11 Å². The molecule has 2 aliphatic rings. The largest absolute Gasteiger partial charge is 0.480 e. The normalized spacial score (nSPS) is 25.5. The topological polar surface area (TPSA) is 86.7 Å². The zero-order valence-corrected chi connectivity index (χ0v) is 14.3. The zero-order chi connectivity index (χ0) is 16.3. The third-order valence-electron chi connectivity index (χ3n) is 4.47. The van der Waals surface area contributed by atoms with Crippen molar-refractivity contribution in [2.24, 2.45) is 11.8 Å². The number of hydrogen-bond donors (Lipinski definition) is 2. The van der Waals surface area contributed by atoms with E-state index in [0.717, 1.165) is 19.4 Å². The van der Waals surface area contributed by atoms with Crippen molar-refractivity contribution in [2.75, 3.05) is 18.8 Å². The van der Waals surface area contributed by atoms with E-state index >= 15 is 0 Å². The van der Waals surface area contributed by atoms with E-state index in [0.29, 0.717) is 18.3 Å². The summed E-state index contributed by atoms with van der Waals surface area (Å²) in [6.07, 6.45) is 4.49. The average Bonchev–Trinajstić information content (AvgIpc) is 3.13. The lowest BCUT2D eigenvalue weighted by molar-refractivity contribution is -0.139. The van der Waals surface area contributed by atoms with Crippen molar-refractivity contribution in [3.63, 3.8) is 0 Å². The zero-order valence-electron chi connectivity index (χ0n) is 13.5. The van der Waals surface area contributed by atoms with Crippen LogP contribution in [0.15, 0.2) is 0 Å². The first-order valence-corrected chi connectivity index (χ1v) is 9.86. The first-order chi connectivity index (χ1) is 10.2. The molecule has 0 heterocycles. The highest BCUT2D eigenvalue weighted by Gasteiger charge is 2.38. The van der Waals surface area contributed by atoms with Crippen molar-refractivity contribution in [3.05, 3.63) is 0 Å². The van der Waals surface area contributed by atoms with E-state index < -0.39 is 16.0 Å². The number of carbonyl (C=O) groups is 1. The lowest BCUT2D eigenvalue weighted by Crippen LogP contribution is -2.55. The molecule has 2 N–H and O–H groups in total. The number of carboxylic acid groups (broad SMARTS) is 1. The molecule has 128 valence electrons. The summed E-state index contributed by atoms with van der Waals surface area (Å²) in [6.45, 7) is 4.92. The Kier molecular flexibility index (Phi) is 5.85. The van der Waals surface area contributed by atoms with Gasteiger partial charge in [0.15, 0.2) is 0 Å². The number of hydrogen-bond acceptors (Lipinski definition) is 4. The fourth-order valence-corrected chi connectivity index (χ4v) is 4.43. The Morgan fingerprint density at radius 3 is 2.45 bits per heavy atom. The molecule has 0 aromatic heterocycles. The third kappa shape index (κ3) is 5.85. The molecule has 2 saturated carbocycles. The van der Waals surface area contributed by atoms with Gasteiger partial charge in [-0.2, -0.15) is 0 Å². The van der Waals surface area contributed by atoms with Crippen molar-refractivity contribution in [1.82, 2.24) is 9.62 Å². The highest BCUT2D eigenvalue weighted by molar-refractivity contribution is 7.89. The van der Waals surface area contributed by atoms with Gasteiger partial charge in [-0.3, -0.25) is 9.69 Å². The summed E-state index contributed by atoms with van der Waals surface area (Å²) in [5.74, 6) is 0.380.